The van der Waals surface area contributed by atoms with E-state index < -0.39 is 0 Å². The van der Waals surface area contributed by atoms with E-state index in [2.05, 4.69) is 39.0 Å². The molecule has 0 spiro atoms. The normalized spacial score (nSPS) is 18.7. The first-order valence-electron chi connectivity index (χ1n) is 9.54. The summed E-state index contributed by atoms with van der Waals surface area (Å²) < 4.78 is 0. The topological polar surface area (TPSA) is 39.3 Å². The van der Waals surface area contributed by atoms with Gasteiger partial charge in [0, 0.05) is 54.0 Å². The maximum atomic E-state index is 13.4. The summed E-state index contributed by atoms with van der Waals surface area (Å²) in [4.78, 5) is 21.1. The molecule has 2 heterocycles. The number of aromatic nitrogens is 1. The minimum absolute atomic E-state index is 0.274. The minimum Gasteiger partial charge on any atom is -0.368 e. The lowest BCUT2D eigenvalue weighted by molar-refractivity contribution is -0.134. The number of carbonyl (C=O) groups is 1. The monoisotopic (exact) mass is 379 g/mol. The number of amides is 1. The summed E-state index contributed by atoms with van der Waals surface area (Å²) in [6.45, 7) is 3.31. The van der Waals surface area contributed by atoms with Gasteiger partial charge in [0.05, 0.1) is 5.41 Å². The van der Waals surface area contributed by atoms with Crippen molar-refractivity contribution in [1.82, 2.24) is 9.88 Å². The van der Waals surface area contributed by atoms with Crippen LogP contribution in [0.25, 0.3) is 10.9 Å². The molecule has 4 nitrogen and oxygen atoms in total. The standard InChI is InChI=1S/C22H22ClN3O/c23-16-6-7-20-18(14-16)19(15-24-20)22(8-9-22)21(27)26-12-10-25(11-13-26)17-4-2-1-3-5-17/h1-7,14-15,24H,8-13H2. The summed E-state index contributed by atoms with van der Waals surface area (Å²) in [6, 6.07) is 16.3. The van der Waals surface area contributed by atoms with Crippen LogP contribution < -0.4 is 4.90 Å². The lowest BCUT2D eigenvalue weighted by Gasteiger charge is -2.37. The Kier molecular flexibility index (Phi) is 3.90. The van der Waals surface area contributed by atoms with Gasteiger partial charge in [0.15, 0.2) is 0 Å². The second-order valence-corrected chi connectivity index (χ2v) is 8.03. The molecular weight excluding hydrogens is 358 g/mol. The third-order valence-electron chi connectivity index (χ3n) is 6.01. The number of fused-ring (bicyclic) bond motifs is 1. The number of para-hydroxylation sites is 1. The fourth-order valence-electron chi connectivity index (χ4n) is 4.32. The van der Waals surface area contributed by atoms with Crippen molar-refractivity contribution in [3.05, 3.63) is 65.3 Å². The van der Waals surface area contributed by atoms with Crippen molar-refractivity contribution in [2.45, 2.75) is 18.3 Å². The summed E-state index contributed by atoms with van der Waals surface area (Å²) in [7, 11) is 0. The highest BCUT2D eigenvalue weighted by molar-refractivity contribution is 6.31. The number of hydrogen-bond acceptors (Lipinski definition) is 2. The van der Waals surface area contributed by atoms with Crippen LogP contribution in [0.15, 0.2) is 54.7 Å². The lowest BCUT2D eigenvalue weighted by Crippen LogP contribution is -2.51. The fourth-order valence-corrected chi connectivity index (χ4v) is 4.49. The molecule has 1 aromatic heterocycles. The molecule has 3 aromatic rings. The molecule has 5 rings (SSSR count). The molecule has 138 valence electrons. The quantitative estimate of drug-likeness (QED) is 0.740. The van der Waals surface area contributed by atoms with Crippen molar-refractivity contribution in [2.24, 2.45) is 0 Å². The van der Waals surface area contributed by atoms with Gasteiger partial charge in [-0.15, -0.1) is 0 Å². The summed E-state index contributed by atoms with van der Waals surface area (Å²) in [5.74, 6) is 0.274. The van der Waals surface area contributed by atoms with Crippen LogP contribution in [0.1, 0.15) is 18.4 Å². The zero-order chi connectivity index (χ0) is 18.4. The lowest BCUT2D eigenvalue weighted by atomic mass is 9.93. The Bertz CT molecular complexity index is 985. The number of nitrogens with zero attached hydrogens (tertiary/aromatic N) is 2. The molecular formula is C22H22ClN3O. The molecule has 27 heavy (non-hydrogen) atoms. The van der Waals surface area contributed by atoms with Gasteiger partial charge in [-0.2, -0.15) is 0 Å². The third kappa shape index (κ3) is 2.79. The number of anilines is 1. The molecule has 0 radical (unpaired) electrons. The van der Waals surface area contributed by atoms with Gasteiger partial charge in [-0.25, -0.2) is 0 Å². The predicted octanol–water partition coefficient (Wildman–Crippen LogP) is 4.20. The highest BCUT2D eigenvalue weighted by Gasteiger charge is 2.54. The Morgan fingerprint density at radius 1 is 1.00 bits per heavy atom. The van der Waals surface area contributed by atoms with Gasteiger partial charge in [-0.05, 0) is 48.7 Å². The number of piperazine rings is 1. The van der Waals surface area contributed by atoms with Crippen LogP contribution >= 0.6 is 11.6 Å². The number of H-pyrrole nitrogens is 1. The molecule has 2 aromatic carbocycles. The van der Waals surface area contributed by atoms with Crippen LogP contribution in [-0.2, 0) is 10.2 Å². The number of carbonyl (C=O) groups excluding carboxylic acids is 1. The fraction of sp³-hybridized carbons (Fsp3) is 0.318. The second-order valence-electron chi connectivity index (χ2n) is 7.59. The second kappa shape index (κ2) is 6.31. The summed E-state index contributed by atoms with van der Waals surface area (Å²) in [5.41, 5.74) is 3.02. The van der Waals surface area contributed by atoms with Gasteiger partial charge in [-0.3, -0.25) is 4.79 Å². The van der Waals surface area contributed by atoms with Crippen LogP contribution in [0.3, 0.4) is 0 Å². The molecule has 0 bridgehead atoms. The smallest absolute Gasteiger partial charge is 0.233 e. The summed E-state index contributed by atoms with van der Waals surface area (Å²) in [5, 5.41) is 1.79. The van der Waals surface area contributed by atoms with E-state index >= 15 is 0 Å². The van der Waals surface area contributed by atoms with Crippen molar-refractivity contribution < 1.29 is 4.79 Å². The van der Waals surface area contributed by atoms with E-state index in [1.807, 2.05) is 30.5 Å². The van der Waals surface area contributed by atoms with Gasteiger partial charge >= 0.3 is 0 Å². The first kappa shape index (κ1) is 16.7. The number of aromatic amines is 1. The van der Waals surface area contributed by atoms with E-state index in [9.17, 15) is 4.79 Å². The third-order valence-corrected chi connectivity index (χ3v) is 6.24. The number of rotatable bonds is 3. The van der Waals surface area contributed by atoms with E-state index in [-0.39, 0.29) is 11.3 Å². The van der Waals surface area contributed by atoms with Crippen molar-refractivity contribution >= 4 is 34.1 Å². The van der Waals surface area contributed by atoms with Crippen molar-refractivity contribution in [2.75, 3.05) is 31.1 Å². The molecule has 5 heteroatoms. The number of nitrogens with one attached hydrogen (secondary N) is 1. The SMILES string of the molecule is O=C(N1CCN(c2ccccc2)CC1)C1(c2c[nH]c3ccc(Cl)cc23)CC1. The van der Waals surface area contributed by atoms with Crippen LogP contribution in [-0.4, -0.2) is 42.0 Å². The molecule has 2 fully saturated rings. The largest absolute Gasteiger partial charge is 0.368 e. The maximum Gasteiger partial charge on any atom is 0.233 e. The van der Waals surface area contributed by atoms with Crippen LogP contribution in [0.5, 0.6) is 0 Å². The van der Waals surface area contributed by atoms with Crippen LogP contribution in [0.4, 0.5) is 5.69 Å². The van der Waals surface area contributed by atoms with E-state index in [0.29, 0.717) is 5.02 Å². The molecule has 2 aliphatic rings. The first-order chi connectivity index (χ1) is 13.2. The van der Waals surface area contributed by atoms with Gasteiger partial charge in [0.2, 0.25) is 5.91 Å². The van der Waals surface area contributed by atoms with E-state index in [1.165, 1.54) is 5.69 Å². The zero-order valence-electron chi connectivity index (χ0n) is 15.1. The highest BCUT2D eigenvalue weighted by atomic mass is 35.5. The Hall–Kier alpha value is -2.46. The Morgan fingerprint density at radius 2 is 1.74 bits per heavy atom. The zero-order valence-corrected chi connectivity index (χ0v) is 15.9. The van der Waals surface area contributed by atoms with Crippen molar-refractivity contribution in [3.8, 4) is 0 Å². The Labute approximate surface area is 163 Å². The molecule has 1 N–H and O–H groups in total. The van der Waals surface area contributed by atoms with Gasteiger partial charge in [0.1, 0.15) is 0 Å². The van der Waals surface area contributed by atoms with E-state index in [4.69, 9.17) is 11.6 Å². The van der Waals surface area contributed by atoms with Crippen molar-refractivity contribution in [3.63, 3.8) is 0 Å². The predicted molar refractivity (Wildman–Crippen MR) is 109 cm³/mol. The van der Waals surface area contributed by atoms with Crippen molar-refractivity contribution in [1.29, 1.82) is 0 Å². The van der Waals surface area contributed by atoms with E-state index in [0.717, 1.165) is 55.5 Å². The van der Waals surface area contributed by atoms with E-state index in [1.54, 1.807) is 0 Å². The average Bonchev–Trinajstić information content (AvgIpc) is 3.41. The molecule has 1 saturated carbocycles. The first-order valence-corrected chi connectivity index (χ1v) is 9.92. The summed E-state index contributed by atoms with van der Waals surface area (Å²) in [6.07, 6.45) is 3.85. The maximum absolute atomic E-state index is 13.4. The van der Waals surface area contributed by atoms with Gasteiger partial charge < -0.3 is 14.8 Å². The number of benzene rings is 2. The molecule has 1 aliphatic carbocycles. The molecule has 1 aliphatic heterocycles. The molecule has 0 unspecified atom stereocenters. The van der Waals surface area contributed by atoms with Gasteiger partial charge in [0.25, 0.3) is 0 Å². The number of halogens is 1. The van der Waals surface area contributed by atoms with Crippen LogP contribution in [0.2, 0.25) is 5.02 Å². The highest BCUT2D eigenvalue weighted by Crippen LogP contribution is 2.52. The molecule has 1 amide bonds. The Morgan fingerprint density at radius 3 is 2.44 bits per heavy atom. The molecule has 1 saturated heterocycles. The van der Waals surface area contributed by atoms with Gasteiger partial charge in [-0.1, -0.05) is 29.8 Å². The average molecular weight is 380 g/mol. The van der Waals surface area contributed by atoms with Crippen LogP contribution in [0, 0.1) is 0 Å². The Balaban J connectivity index is 1.36. The number of hydrogen-bond donors (Lipinski definition) is 1. The molecule has 0 atom stereocenters. The summed E-state index contributed by atoms with van der Waals surface area (Å²) >= 11 is 6.21. The minimum atomic E-state index is -0.363.